The molecule has 6 heteroatoms. The first kappa shape index (κ1) is 11.6. The summed E-state index contributed by atoms with van der Waals surface area (Å²) >= 11 is 3.22. The molecule has 0 aliphatic rings. The number of hydrogen-bond donors (Lipinski definition) is 1. The summed E-state index contributed by atoms with van der Waals surface area (Å²) in [6.07, 6.45) is 1.66. The lowest BCUT2D eigenvalue weighted by molar-refractivity contribution is 0.585. The number of nitrogens with zero attached hydrogens (tertiary/aromatic N) is 3. The van der Waals surface area contributed by atoms with Crippen molar-refractivity contribution >= 4 is 21.7 Å². The van der Waals surface area contributed by atoms with Crippen molar-refractivity contribution in [1.82, 2.24) is 9.78 Å². The molecule has 0 atom stereocenters. The van der Waals surface area contributed by atoms with Crippen LogP contribution in [0.3, 0.4) is 0 Å². The summed E-state index contributed by atoms with van der Waals surface area (Å²) in [5.41, 5.74) is 6.38. The van der Waals surface area contributed by atoms with Crippen molar-refractivity contribution in [3.63, 3.8) is 0 Å². The standard InChI is InChI=1S/C11H8BrFN4/c12-9-6-17(16-11(9)15)5-8-3-7(4-14)1-2-10(8)13/h1-3,6H,5H2,(H2,15,16). The first-order valence-electron chi connectivity index (χ1n) is 4.77. The van der Waals surface area contributed by atoms with E-state index in [-0.39, 0.29) is 12.4 Å². The fourth-order valence-electron chi connectivity index (χ4n) is 1.43. The smallest absolute Gasteiger partial charge is 0.159 e. The molecule has 1 aromatic carbocycles. The normalized spacial score (nSPS) is 10.2. The van der Waals surface area contributed by atoms with Crippen LogP contribution in [0.15, 0.2) is 28.9 Å². The zero-order valence-electron chi connectivity index (χ0n) is 8.69. The number of benzene rings is 1. The molecule has 2 rings (SSSR count). The monoisotopic (exact) mass is 294 g/mol. The van der Waals surface area contributed by atoms with E-state index in [1.54, 1.807) is 6.20 Å². The van der Waals surface area contributed by atoms with Crippen molar-refractivity contribution in [3.05, 3.63) is 45.8 Å². The molecule has 0 radical (unpaired) electrons. The summed E-state index contributed by atoms with van der Waals surface area (Å²) in [6.45, 7) is 0.233. The molecule has 1 aromatic heterocycles. The Hall–Kier alpha value is -1.87. The molecule has 0 aliphatic heterocycles. The van der Waals surface area contributed by atoms with E-state index >= 15 is 0 Å². The maximum Gasteiger partial charge on any atom is 0.159 e. The largest absolute Gasteiger partial charge is 0.381 e. The van der Waals surface area contributed by atoms with Crippen LogP contribution in [0.25, 0.3) is 0 Å². The first-order chi connectivity index (χ1) is 8.10. The lowest BCUT2D eigenvalue weighted by Crippen LogP contribution is -2.03. The molecule has 0 unspecified atom stereocenters. The Morgan fingerprint density at radius 3 is 2.88 bits per heavy atom. The zero-order chi connectivity index (χ0) is 12.4. The van der Waals surface area contributed by atoms with Crippen molar-refractivity contribution in [1.29, 1.82) is 5.26 Å². The maximum absolute atomic E-state index is 13.5. The molecular formula is C11H8BrFN4. The summed E-state index contributed by atoms with van der Waals surface area (Å²) in [4.78, 5) is 0. The van der Waals surface area contributed by atoms with Crippen molar-refractivity contribution in [2.45, 2.75) is 6.54 Å². The fourth-order valence-corrected chi connectivity index (χ4v) is 1.75. The summed E-state index contributed by atoms with van der Waals surface area (Å²) in [5, 5.41) is 12.7. The minimum Gasteiger partial charge on any atom is -0.381 e. The van der Waals surface area contributed by atoms with E-state index in [0.717, 1.165) is 0 Å². The highest BCUT2D eigenvalue weighted by Gasteiger charge is 2.07. The Balaban J connectivity index is 2.32. The lowest BCUT2D eigenvalue weighted by atomic mass is 10.1. The molecular weight excluding hydrogens is 287 g/mol. The van der Waals surface area contributed by atoms with Crippen molar-refractivity contribution in [3.8, 4) is 6.07 Å². The number of nitrogens with two attached hydrogens (primary N) is 1. The molecule has 0 saturated heterocycles. The van der Waals surface area contributed by atoms with Gasteiger partial charge in [0.2, 0.25) is 0 Å². The lowest BCUT2D eigenvalue weighted by Gasteiger charge is -2.03. The quantitative estimate of drug-likeness (QED) is 0.924. The number of rotatable bonds is 2. The number of hydrogen-bond acceptors (Lipinski definition) is 3. The van der Waals surface area contributed by atoms with Crippen LogP contribution in [-0.4, -0.2) is 9.78 Å². The van der Waals surface area contributed by atoms with Gasteiger partial charge in [0.15, 0.2) is 5.82 Å². The number of nitrogen functional groups attached to an aromatic ring is 1. The Morgan fingerprint density at radius 1 is 1.53 bits per heavy atom. The molecule has 0 spiro atoms. The van der Waals surface area contributed by atoms with Gasteiger partial charge in [0, 0.05) is 11.8 Å². The van der Waals surface area contributed by atoms with E-state index in [0.29, 0.717) is 21.4 Å². The minimum absolute atomic E-state index is 0.233. The van der Waals surface area contributed by atoms with Crippen molar-refractivity contribution in [2.75, 3.05) is 5.73 Å². The van der Waals surface area contributed by atoms with Crippen molar-refractivity contribution < 1.29 is 4.39 Å². The Kier molecular flexibility index (Phi) is 3.11. The van der Waals surface area contributed by atoms with Gasteiger partial charge in [-0.1, -0.05) is 0 Å². The van der Waals surface area contributed by atoms with Gasteiger partial charge < -0.3 is 5.73 Å². The number of nitriles is 1. The topological polar surface area (TPSA) is 67.6 Å². The molecule has 4 nitrogen and oxygen atoms in total. The van der Waals surface area contributed by atoms with Gasteiger partial charge in [0.05, 0.1) is 22.7 Å². The molecule has 2 N–H and O–H groups in total. The van der Waals surface area contributed by atoms with E-state index in [1.807, 2.05) is 6.07 Å². The van der Waals surface area contributed by atoms with E-state index < -0.39 is 0 Å². The number of aromatic nitrogens is 2. The van der Waals surface area contributed by atoms with Crippen LogP contribution in [-0.2, 0) is 6.54 Å². The molecule has 0 amide bonds. The summed E-state index contributed by atoms with van der Waals surface area (Å²) in [5.74, 6) is -0.0176. The SMILES string of the molecule is N#Cc1ccc(F)c(Cn2cc(Br)c(N)n2)c1. The van der Waals surface area contributed by atoms with E-state index in [1.165, 1.54) is 22.9 Å². The zero-order valence-corrected chi connectivity index (χ0v) is 10.3. The number of halogens is 2. The molecule has 0 fully saturated rings. The predicted octanol–water partition coefficient (Wildman–Crippen LogP) is 2.29. The van der Waals surface area contributed by atoms with Gasteiger partial charge in [-0.3, -0.25) is 4.68 Å². The van der Waals surface area contributed by atoms with Crippen LogP contribution in [0, 0.1) is 17.1 Å². The van der Waals surface area contributed by atoms with Crippen LogP contribution in [0.4, 0.5) is 10.2 Å². The molecule has 0 aliphatic carbocycles. The second-order valence-electron chi connectivity index (χ2n) is 3.48. The van der Waals surface area contributed by atoms with E-state index in [4.69, 9.17) is 11.0 Å². The average Bonchev–Trinajstić information content (AvgIpc) is 2.61. The second-order valence-corrected chi connectivity index (χ2v) is 4.33. The Morgan fingerprint density at radius 2 is 2.29 bits per heavy atom. The fraction of sp³-hybridized carbons (Fsp3) is 0.0909. The van der Waals surface area contributed by atoms with Crippen LogP contribution in [0.2, 0.25) is 0 Å². The summed E-state index contributed by atoms with van der Waals surface area (Å²) < 4.78 is 15.7. The maximum atomic E-state index is 13.5. The van der Waals surface area contributed by atoms with Crippen LogP contribution >= 0.6 is 15.9 Å². The highest BCUT2D eigenvalue weighted by atomic mass is 79.9. The summed E-state index contributed by atoms with van der Waals surface area (Å²) in [7, 11) is 0. The van der Waals surface area contributed by atoms with E-state index in [9.17, 15) is 4.39 Å². The molecule has 2 aromatic rings. The second kappa shape index (κ2) is 4.55. The van der Waals surface area contributed by atoms with Crippen LogP contribution < -0.4 is 5.73 Å². The van der Waals surface area contributed by atoms with Gasteiger partial charge in [-0.2, -0.15) is 10.4 Å². The molecule has 17 heavy (non-hydrogen) atoms. The number of anilines is 1. The molecule has 0 bridgehead atoms. The van der Waals surface area contributed by atoms with Gasteiger partial charge in [0.1, 0.15) is 5.82 Å². The van der Waals surface area contributed by atoms with Gasteiger partial charge in [-0.15, -0.1) is 0 Å². The molecule has 86 valence electrons. The Bertz CT molecular complexity index is 581. The summed E-state index contributed by atoms with van der Waals surface area (Å²) in [6, 6.07) is 6.18. The minimum atomic E-state index is -0.366. The average molecular weight is 295 g/mol. The third-order valence-electron chi connectivity index (χ3n) is 2.25. The van der Waals surface area contributed by atoms with E-state index in [2.05, 4.69) is 21.0 Å². The van der Waals surface area contributed by atoms with Crippen LogP contribution in [0.5, 0.6) is 0 Å². The predicted molar refractivity (Wildman–Crippen MR) is 64.6 cm³/mol. The highest BCUT2D eigenvalue weighted by Crippen LogP contribution is 2.18. The third kappa shape index (κ3) is 2.45. The molecule has 1 heterocycles. The van der Waals surface area contributed by atoms with Gasteiger partial charge >= 0.3 is 0 Å². The van der Waals surface area contributed by atoms with Gasteiger partial charge in [-0.25, -0.2) is 4.39 Å². The van der Waals surface area contributed by atoms with Crippen molar-refractivity contribution in [2.24, 2.45) is 0 Å². The highest BCUT2D eigenvalue weighted by molar-refractivity contribution is 9.10. The van der Waals surface area contributed by atoms with Gasteiger partial charge in [0.25, 0.3) is 0 Å². The third-order valence-corrected chi connectivity index (χ3v) is 2.86. The Labute approximate surface area is 106 Å². The van der Waals surface area contributed by atoms with Crippen LogP contribution in [0.1, 0.15) is 11.1 Å². The molecule has 0 saturated carbocycles. The van der Waals surface area contributed by atoms with Gasteiger partial charge in [-0.05, 0) is 34.1 Å². The first-order valence-corrected chi connectivity index (χ1v) is 5.56.